The maximum Gasteiger partial charge on any atom is 0.268 e. The highest BCUT2D eigenvalue weighted by atomic mass is 16.5. The third-order valence-electron chi connectivity index (χ3n) is 3.98. The number of hydrogen-bond donors (Lipinski definition) is 1. The number of methoxy groups -OCH3 is 1. The van der Waals surface area contributed by atoms with Crippen molar-refractivity contribution >= 4 is 17.3 Å². The predicted molar refractivity (Wildman–Crippen MR) is 90.0 cm³/mol. The highest BCUT2D eigenvalue weighted by Gasteiger charge is 2.33. The van der Waals surface area contributed by atoms with Gasteiger partial charge in [-0.1, -0.05) is 12.1 Å². The number of nitrogens with two attached hydrogens (primary N) is 1. The van der Waals surface area contributed by atoms with Gasteiger partial charge in [-0.3, -0.25) is 4.79 Å². The highest BCUT2D eigenvalue weighted by Crippen LogP contribution is 2.36. The number of ether oxygens (including phenoxy) is 2. The number of benzene rings is 2. The minimum atomic E-state index is -0.544. The highest BCUT2D eigenvalue weighted by molar-refractivity contribution is 6.00. The van der Waals surface area contributed by atoms with Gasteiger partial charge in [-0.15, -0.1) is 0 Å². The van der Waals surface area contributed by atoms with E-state index in [-0.39, 0.29) is 5.91 Å². The molecule has 0 saturated carbocycles. The molecule has 2 N–H and O–H groups in total. The Kier molecular flexibility index (Phi) is 4.10. The Labute approximate surface area is 135 Å². The van der Waals surface area contributed by atoms with E-state index in [1.54, 1.807) is 24.1 Å². The fraction of sp³-hybridized carbons (Fsp3) is 0.278. The van der Waals surface area contributed by atoms with Gasteiger partial charge in [0.1, 0.15) is 11.5 Å². The van der Waals surface area contributed by atoms with E-state index in [0.29, 0.717) is 24.4 Å². The Bertz CT molecular complexity index is 713. The monoisotopic (exact) mass is 312 g/mol. The van der Waals surface area contributed by atoms with E-state index >= 15 is 0 Å². The third-order valence-corrected chi connectivity index (χ3v) is 3.98. The molecule has 0 saturated heterocycles. The van der Waals surface area contributed by atoms with Crippen molar-refractivity contribution in [2.45, 2.75) is 19.4 Å². The molecule has 1 atom stereocenters. The van der Waals surface area contributed by atoms with Gasteiger partial charge >= 0.3 is 0 Å². The van der Waals surface area contributed by atoms with Crippen LogP contribution < -0.4 is 20.1 Å². The van der Waals surface area contributed by atoms with Crippen LogP contribution in [0.15, 0.2) is 42.5 Å². The number of carbonyl (C=O) groups excluding carboxylic acids is 1. The van der Waals surface area contributed by atoms with Gasteiger partial charge in [-0.05, 0) is 36.8 Å². The van der Waals surface area contributed by atoms with E-state index in [1.165, 1.54) is 0 Å². The molecule has 1 unspecified atom stereocenters. The van der Waals surface area contributed by atoms with Crippen molar-refractivity contribution in [1.82, 2.24) is 0 Å². The van der Waals surface area contributed by atoms with Crippen LogP contribution >= 0.6 is 0 Å². The first kappa shape index (κ1) is 15.2. The molecule has 1 heterocycles. The minimum absolute atomic E-state index is 0.0272. The Hall–Kier alpha value is -2.69. The van der Waals surface area contributed by atoms with E-state index in [2.05, 4.69) is 0 Å². The molecule has 5 heteroatoms. The molecule has 2 aromatic rings. The molecule has 0 fully saturated rings. The van der Waals surface area contributed by atoms with Crippen LogP contribution in [0.1, 0.15) is 12.5 Å². The van der Waals surface area contributed by atoms with Crippen LogP contribution in [-0.2, 0) is 11.2 Å². The predicted octanol–water partition coefficient (Wildman–Crippen LogP) is 2.63. The second-order valence-corrected chi connectivity index (χ2v) is 5.47. The molecular weight excluding hydrogens is 292 g/mol. The lowest BCUT2D eigenvalue weighted by molar-refractivity contribution is -0.126. The summed E-state index contributed by atoms with van der Waals surface area (Å²) in [4.78, 5) is 14.4. The number of carbonyl (C=O) groups is 1. The molecule has 0 spiro atoms. The lowest BCUT2D eigenvalue weighted by atomic mass is 10.0. The first-order chi connectivity index (χ1) is 11.1. The van der Waals surface area contributed by atoms with Crippen molar-refractivity contribution < 1.29 is 14.3 Å². The van der Waals surface area contributed by atoms with Crippen LogP contribution in [0, 0.1) is 0 Å². The summed E-state index contributed by atoms with van der Waals surface area (Å²) in [5, 5.41) is 0. The topological polar surface area (TPSA) is 64.8 Å². The zero-order valence-electron chi connectivity index (χ0n) is 13.3. The molecule has 0 bridgehead atoms. The fourth-order valence-corrected chi connectivity index (χ4v) is 2.78. The van der Waals surface area contributed by atoms with E-state index in [0.717, 1.165) is 17.0 Å². The zero-order valence-corrected chi connectivity index (χ0v) is 13.3. The van der Waals surface area contributed by atoms with Gasteiger partial charge in [0.2, 0.25) is 0 Å². The molecule has 2 aromatic carbocycles. The quantitative estimate of drug-likeness (QED) is 0.882. The molecule has 5 nitrogen and oxygen atoms in total. The molecule has 1 aliphatic rings. The minimum Gasteiger partial charge on any atom is -0.497 e. The number of hydrogen-bond acceptors (Lipinski definition) is 4. The smallest absolute Gasteiger partial charge is 0.268 e. The summed E-state index contributed by atoms with van der Waals surface area (Å²) in [6, 6.07) is 13.0. The van der Waals surface area contributed by atoms with Crippen LogP contribution in [0.3, 0.4) is 0 Å². The van der Waals surface area contributed by atoms with Crippen molar-refractivity contribution in [3.8, 4) is 11.5 Å². The summed E-state index contributed by atoms with van der Waals surface area (Å²) in [5.74, 6) is 1.42. The number of anilines is 2. The van der Waals surface area contributed by atoms with Gasteiger partial charge in [0.25, 0.3) is 5.91 Å². The summed E-state index contributed by atoms with van der Waals surface area (Å²) in [6.45, 7) is 2.55. The van der Waals surface area contributed by atoms with E-state index in [1.807, 2.05) is 37.3 Å². The fourth-order valence-electron chi connectivity index (χ4n) is 2.78. The summed E-state index contributed by atoms with van der Waals surface area (Å²) in [5.41, 5.74) is 8.26. The van der Waals surface area contributed by atoms with Crippen molar-refractivity contribution in [2.24, 2.45) is 0 Å². The zero-order chi connectivity index (χ0) is 16.4. The van der Waals surface area contributed by atoms with Crippen LogP contribution in [0.5, 0.6) is 11.5 Å². The molecule has 0 radical (unpaired) electrons. The first-order valence-electron chi connectivity index (χ1n) is 7.63. The summed E-state index contributed by atoms with van der Waals surface area (Å²) < 4.78 is 11.1. The van der Waals surface area contributed by atoms with Crippen molar-refractivity contribution in [1.29, 1.82) is 0 Å². The SMILES string of the molecule is CCN1C(=O)C(Cc2ccc(OC)cc2)Oc2cc(N)ccc21. The van der Waals surface area contributed by atoms with Gasteiger partial charge in [0, 0.05) is 24.7 Å². The average molecular weight is 312 g/mol. The average Bonchev–Trinajstić information content (AvgIpc) is 2.56. The molecule has 120 valence electrons. The van der Waals surface area contributed by atoms with Crippen molar-refractivity contribution in [2.75, 3.05) is 24.3 Å². The molecule has 1 aliphatic heterocycles. The number of fused-ring (bicyclic) bond motifs is 1. The Balaban J connectivity index is 1.86. The van der Waals surface area contributed by atoms with Crippen LogP contribution in [0.25, 0.3) is 0 Å². The van der Waals surface area contributed by atoms with Crippen LogP contribution in [-0.4, -0.2) is 25.7 Å². The molecule has 0 aromatic heterocycles. The molecular formula is C18H20N2O3. The molecule has 0 aliphatic carbocycles. The number of amides is 1. The second kappa shape index (κ2) is 6.20. The van der Waals surface area contributed by atoms with Gasteiger partial charge in [-0.2, -0.15) is 0 Å². The molecule has 23 heavy (non-hydrogen) atoms. The van der Waals surface area contributed by atoms with Crippen molar-refractivity contribution in [3.63, 3.8) is 0 Å². The number of nitrogens with zero attached hydrogens (tertiary/aromatic N) is 1. The summed E-state index contributed by atoms with van der Waals surface area (Å²) in [6.07, 6.45) is -0.0363. The molecule has 3 rings (SSSR count). The second-order valence-electron chi connectivity index (χ2n) is 5.47. The van der Waals surface area contributed by atoms with Gasteiger partial charge in [0.05, 0.1) is 12.8 Å². The van der Waals surface area contributed by atoms with Gasteiger partial charge < -0.3 is 20.1 Å². The Morgan fingerprint density at radius 1 is 1.22 bits per heavy atom. The lowest BCUT2D eigenvalue weighted by Gasteiger charge is -2.34. The summed E-state index contributed by atoms with van der Waals surface area (Å²) >= 11 is 0. The van der Waals surface area contributed by atoms with E-state index < -0.39 is 6.10 Å². The van der Waals surface area contributed by atoms with E-state index in [9.17, 15) is 4.79 Å². The molecule has 1 amide bonds. The normalized spacial score (nSPS) is 16.7. The van der Waals surface area contributed by atoms with Gasteiger partial charge in [0.15, 0.2) is 6.10 Å². The van der Waals surface area contributed by atoms with Crippen molar-refractivity contribution in [3.05, 3.63) is 48.0 Å². The largest absolute Gasteiger partial charge is 0.497 e. The number of likely N-dealkylation sites (N-methyl/N-ethyl adjacent to an activating group) is 1. The van der Waals surface area contributed by atoms with Crippen LogP contribution in [0.2, 0.25) is 0 Å². The maximum atomic E-state index is 12.7. The van der Waals surface area contributed by atoms with E-state index in [4.69, 9.17) is 15.2 Å². The maximum absolute atomic E-state index is 12.7. The Morgan fingerprint density at radius 2 is 1.96 bits per heavy atom. The summed E-state index contributed by atoms with van der Waals surface area (Å²) in [7, 11) is 1.63. The lowest BCUT2D eigenvalue weighted by Crippen LogP contribution is -2.46. The number of rotatable bonds is 4. The Morgan fingerprint density at radius 3 is 2.61 bits per heavy atom. The van der Waals surface area contributed by atoms with Gasteiger partial charge in [-0.25, -0.2) is 0 Å². The number of nitrogen functional groups attached to an aromatic ring is 1. The standard InChI is InChI=1S/C18H20N2O3/c1-3-20-15-9-6-13(19)11-16(15)23-17(18(20)21)10-12-4-7-14(22-2)8-5-12/h4-9,11,17H,3,10,19H2,1-2H3. The first-order valence-corrected chi connectivity index (χ1v) is 7.63. The third kappa shape index (κ3) is 2.95. The van der Waals surface area contributed by atoms with Crippen LogP contribution in [0.4, 0.5) is 11.4 Å².